The first-order valence-corrected chi connectivity index (χ1v) is 10.0. The van der Waals surface area contributed by atoms with Crippen LogP contribution in [0.15, 0.2) is 53.4 Å². The number of hydrogen-bond donors (Lipinski definition) is 1. The SMILES string of the molecule is COC[C@@]1(CN)[C@H](c2ccc(Cl)cc2)[C@@H]1S(=O)(=O)c1ccc(C)cc1. The Hall–Kier alpha value is -1.40. The zero-order valence-electron chi connectivity index (χ0n) is 14.3. The summed E-state index contributed by atoms with van der Waals surface area (Å²) in [4.78, 5) is 0.327. The van der Waals surface area contributed by atoms with Crippen LogP contribution in [-0.4, -0.2) is 33.9 Å². The van der Waals surface area contributed by atoms with E-state index in [0.29, 0.717) is 16.5 Å². The van der Waals surface area contributed by atoms with Crippen molar-refractivity contribution >= 4 is 21.4 Å². The van der Waals surface area contributed by atoms with Crippen molar-refractivity contribution in [2.75, 3.05) is 20.3 Å². The van der Waals surface area contributed by atoms with Gasteiger partial charge in [-0.05, 0) is 36.8 Å². The van der Waals surface area contributed by atoms with E-state index < -0.39 is 20.5 Å². The number of aryl methyl sites for hydroxylation is 1. The molecule has 0 saturated heterocycles. The Morgan fingerprint density at radius 1 is 1.12 bits per heavy atom. The van der Waals surface area contributed by atoms with E-state index in [9.17, 15) is 8.42 Å². The molecule has 0 unspecified atom stereocenters. The van der Waals surface area contributed by atoms with E-state index in [-0.39, 0.29) is 12.5 Å². The van der Waals surface area contributed by atoms with Gasteiger partial charge in [-0.15, -0.1) is 0 Å². The van der Waals surface area contributed by atoms with Crippen molar-refractivity contribution in [3.05, 3.63) is 64.7 Å². The van der Waals surface area contributed by atoms with E-state index in [2.05, 4.69) is 0 Å². The van der Waals surface area contributed by atoms with Gasteiger partial charge in [-0.25, -0.2) is 8.42 Å². The van der Waals surface area contributed by atoms with Crippen LogP contribution < -0.4 is 5.73 Å². The molecule has 2 aromatic carbocycles. The molecule has 0 heterocycles. The molecule has 25 heavy (non-hydrogen) atoms. The molecule has 2 N–H and O–H groups in total. The number of sulfone groups is 1. The van der Waals surface area contributed by atoms with Gasteiger partial charge >= 0.3 is 0 Å². The second-order valence-corrected chi connectivity index (χ2v) is 9.18. The Balaban J connectivity index is 2.05. The third-order valence-corrected chi connectivity index (χ3v) is 7.68. The summed E-state index contributed by atoms with van der Waals surface area (Å²) in [7, 11) is -1.95. The first kappa shape index (κ1) is 18.4. The minimum atomic E-state index is -3.52. The molecule has 1 saturated carbocycles. The van der Waals surface area contributed by atoms with Gasteiger partial charge in [0.05, 0.1) is 16.8 Å². The molecule has 1 aliphatic rings. The molecular formula is C19H22ClNO3S. The predicted octanol–water partition coefficient (Wildman–Crippen LogP) is 3.18. The first-order chi connectivity index (χ1) is 11.9. The maximum atomic E-state index is 13.3. The minimum Gasteiger partial charge on any atom is -0.384 e. The van der Waals surface area contributed by atoms with E-state index in [0.717, 1.165) is 11.1 Å². The normalized spacial score (nSPS) is 25.8. The zero-order chi connectivity index (χ0) is 18.2. The molecular weight excluding hydrogens is 358 g/mol. The monoisotopic (exact) mass is 379 g/mol. The van der Waals surface area contributed by atoms with Crippen LogP contribution in [0.2, 0.25) is 5.02 Å². The summed E-state index contributed by atoms with van der Waals surface area (Å²) in [5, 5.41) is 0.0151. The average molecular weight is 380 g/mol. The third kappa shape index (κ3) is 3.10. The molecule has 0 amide bonds. The predicted molar refractivity (Wildman–Crippen MR) is 99.7 cm³/mol. The molecule has 0 radical (unpaired) electrons. The quantitative estimate of drug-likeness (QED) is 0.836. The van der Waals surface area contributed by atoms with Crippen molar-refractivity contribution in [1.29, 1.82) is 0 Å². The molecule has 0 bridgehead atoms. The maximum Gasteiger partial charge on any atom is 0.182 e. The number of rotatable bonds is 6. The summed E-state index contributed by atoms with van der Waals surface area (Å²) in [6.45, 7) is 2.47. The highest BCUT2D eigenvalue weighted by atomic mass is 35.5. The fourth-order valence-electron chi connectivity index (χ4n) is 3.74. The van der Waals surface area contributed by atoms with Gasteiger partial charge in [0.2, 0.25) is 0 Å². The largest absolute Gasteiger partial charge is 0.384 e. The number of ether oxygens (including phenoxy) is 1. The van der Waals surface area contributed by atoms with Crippen LogP contribution in [0.1, 0.15) is 17.0 Å². The summed E-state index contributed by atoms with van der Waals surface area (Å²) >= 11 is 5.97. The fraction of sp³-hybridized carbons (Fsp3) is 0.368. The van der Waals surface area contributed by atoms with E-state index in [4.69, 9.17) is 22.1 Å². The minimum absolute atomic E-state index is 0.207. The van der Waals surface area contributed by atoms with Crippen LogP contribution in [0.25, 0.3) is 0 Å². The van der Waals surface area contributed by atoms with Crippen LogP contribution in [0.3, 0.4) is 0 Å². The second kappa shape index (κ2) is 6.72. The molecule has 6 heteroatoms. The Morgan fingerprint density at radius 3 is 2.24 bits per heavy atom. The molecule has 0 spiro atoms. The van der Waals surface area contributed by atoms with Gasteiger partial charge in [0.1, 0.15) is 0 Å². The smallest absolute Gasteiger partial charge is 0.182 e. The highest BCUT2D eigenvalue weighted by Gasteiger charge is 2.70. The Morgan fingerprint density at radius 2 is 1.72 bits per heavy atom. The van der Waals surface area contributed by atoms with Gasteiger partial charge in [0.15, 0.2) is 9.84 Å². The van der Waals surface area contributed by atoms with Gasteiger partial charge in [0.25, 0.3) is 0 Å². The van der Waals surface area contributed by atoms with E-state index >= 15 is 0 Å². The lowest BCUT2D eigenvalue weighted by Gasteiger charge is -2.15. The Labute approximate surface area is 153 Å². The van der Waals surface area contributed by atoms with Crippen molar-refractivity contribution in [3.63, 3.8) is 0 Å². The second-order valence-electron chi connectivity index (χ2n) is 6.68. The molecule has 2 aromatic rings. The van der Waals surface area contributed by atoms with Crippen LogP contribution >= 0.6 is 11.6 Å². The molecule has 0 aromatic heterocycles. The van der Waals surface area contributed by atoms with Gasteiger partial charge in [-0.2, -0.15) is 0 Å². The molecule has 4 nitrogen and oxygen atoms in total. The lowest BCUT2D eigenvalue weighted by Crippen LogP contribution is -2.28. The van der Waals surface area contributed by atoms with Gasteiger partial charge in [-0.3, -0.25) is 0 Å². The van der Waals surface area contributed by atoms with Gasteiger partial charge in [0, 0.05) is 30.0 Å². The lowest BCUT2D eigenvalue weighted by atomic mass is 10.0. The zero-order valence-corrected chi connectivity index (χ0v) is 15.8. The molecule has 0 aliphatic heterocycles. The Kier molecular flexibility index (Phi) is 4.95. The van der Waals surface area contributed by atoms with E-state index in [1.807, 2.05) is 31.2 Å². The van der Waals surface area contributed by atoms with Crippen LogP contribution in [0.5, 0.6) is 0 Å². The topological polar surface area (TPSA) is 69.4 Å². The van der Waals surface area contributed by atoms with E-state index in [1.165, 1.54) is 0 Å². The van der Waals surface area contributed by atoms with Crippen molar-refractivity contribution in [2.45, 2.75) is 23.0 Å². The van der Waals surface area contributed by atoms with Crippen LogP contribution in [-0.2, 0) is 14.6 Å². The molecule has 3 atom stereocenters. The summed E-state index contributed by atoms with van der Waals surface area (Å²) < 4.78 is 31.9. The highest BCUT2D eigenvalue weighted by molar-refractivity contribution is 7.92. The summed E-state index contributed by atoms with van der Waals surface area (Å²) in [6.07, 6.45) is 0. The number of nitrogens with two attached hydrogens (primary N) is 1. The van der Waals surface area contributed by atoms with Crippen molar-refractivity contribution in [1.82, 2.24) is 0 Å². The molecule has 3 rings (SSSR count). The summed E-state index contributed by atoms with van der Waals surface area (Å²) in [6, 6.07) is 14.2. The number of benzene rings is 2. The number of methoxy groups -OCH3 is 1. The molecule has 1 aliphatic carbocycles. The van der Waals surface area contributed by atoms with Crippen molar-refractivity contribution in [2.24, 2.45) is 11.1 Å². The Bertz CT molecular complexity index is 849. The highest BCUT2D eigenvalue weighted by Crippen LogP contribution is 2.63. The summed E-state index contributed by atoms with van der Waals surface area (Å²) in [5.41, 5.74) is 7.36. The summed E-state index contributed by atoms with van der Waals surface area (Å²) in [5.74, 6) is -0.207. The van der Waals surface area contributed by atoms with Crippen molar-refractivity contribution in [3.8, 4) is 0 Å². The number of hydrogen-bond acceptors (Lipinski definition) is 4. The fourth-order valence-corrected chi connectivity index (χ4v) is 6.31. The van der Waals surface area contributed by atoms with E-state index in [1.54, 1.807) is 31.4 Å². The van der Waals surface area contributed by atoms with Crippen LogP contribution in [0, 0.1) is 12.3 Å². The lowest BCUT2D eigenvalue weighted by molar-refractivity contribution is 0.142. The molecule has 134 valence electrons. The molecule has 1 fully saturated rings. The standard InChI is InChI=1S/C19H22ClNO3S/c1-13-3-9-16(10-4-13)25(22,23)18-17(19(18,11-21)12-24-2)14-5-7-15(20)8-6-14/h3-10,17-18H,11-12,21H2,1-2H3/t17-,18+,19+/m1/s1. The van der Waals surface area contributed by atoms with Crippen molar-refractivity contribution < 1.29 is 13.2 Å². The average Bonchev–Trinajstić information content (AvgIpc) is 3.26. The third-order valence-electron chi connectivity index (χ3n) is 5.09. The van der Waals surface area contributed by atoms with Gasteiger partial charge in [-0.1, -0.05) is 41.4 Å². The van der Waals surface area contributed by atoms with Gasteiger partial charge < -0.3 is 10.5 Å². The first-order valence-electron chi connectivity index (χ1n) is 8.12. The maximum absolute atomic E-state index is 13.3. The number of halogens is 1. The van der Waals surface area contributed by atoms with Crippen LogP contribution in [0.4, 0.5) is 0 Å².